The number of ether oxygens (including phenoxy) is 1. The topological polar surface area (TPSA) is 105 Å². The Hall–Kier alpha value is -1.28. The summed E-state index contributed by atoms with van der Waals surface area (Å²) in [7, 11) is 0. The first kappa shape index (κ1) is 14.8. The highest BCUT2D eigenvalue weighted by Crippen LogP contribution is 2.46. The number of carboxylic acids is 1. The predicted molar refractivity (Wildman–Crippen MR) is 65.5 cm³/mol. The molecule has 1 fully saturated rings. The Morgan fingerprint density at radius 3 is 2.50 bits per heavy atom. The molecule has 1 aliphatic rings. The average molecular weight is 276 g/mol. The van der Waals surface area contributed by atoms with Crippen molar-refractivity contribution in [2.45, 2.75) is 17.6 Å². The van der Waals surface area contributed by atoms with Crippen LogP contribution in [0.1, 0.15) is 12.8 Å². The van der Waals surface area contributed by atoms with Crippen LogP contribution in [0.4, 0.5) is 4.79 Å². The van der Waals surface area contributed by atoms with Crippen LogP contribution in [-0.4, -0.2) is 53.8 Å². The highest BCUT2D eigenvalue weighted by Gasteiger charge is 2.41. The minimum absolute atomic E-state index is 0.125. The van der Waals surface area contributed by atoms with E-state index in [4.69, 9.17) is 5.11 Å². The minimum Gasteiger partial charge on any atom is -0.480 e. The molecule has 0 spiro atoms. The lowest BCUT2D eigenvalue weighted by Gasteiger charge is -2.13. The third kappa shape index (κ3) is 5.37. The Morgan fingerprint density at radius 2 is 2.00 bits per heavy atom. The zero-order chi connectivity index (χ0) is 13.6. The van der Waals surface area contributed by atoms with Gasteiger partial charge in [0.15, 0.2) is 0 Å². The van der Waals surface area contributed by atoms with Crippen LogP contribution in [0.3, 0.4) is 0 Å². The Bertz CT molecular complexity index is 343. The third-order valence-corrected chi connectivity index (χ3v) is 3.94. The Kier molecular flexibility index (Phi) is 5.42. The van der Waals surface area contributed by atoms with E-state index in [0.29, 0.717) is 6.54 Å². The fraction of sp³-hybridized carbons (Fsp3) is 0.700. The van der Waals surface area contributed by atoms with Crippen LogP contribution >= 0.6 is 11.8 Å². The first-order chi connectivity index (χ1) is 8.47. The number of hydrogen-bond donors (Lipinski definition) is 3. The standard InChI is InChI=1S/C10H16N2O5S/c1-18-10(2-3-10)6-11-9(16)12-7(13)4-17-5-8(14)15/h2-6H2,1H3,(H,14,15)(H2,11,12,13,16). The molecule has 0 atom stereocenters. The summed E-state index contributed by atoms with van der Waals surface area (Å²) in [6.45, 7) is -0.499. The molecule has 3 amide bonds. The van der Waals surface area contributed by atoms with Gasteiger partial charge < -0.3 is 15.2 Å². The lowest BCUT2D eigenvalue weighted by Crippen LogP contribution is -2.43. The second-order valence-corrected chi connectivity index (χ2v) is 5.28. The molecule has 0 saturated heterocycles. The number of hydrogen-bond acceptors (Lipinski definition) is 5. The zero-order valence-electron chi connectivity index (χ0n) is 10.0. The van der Waals surface area contributed by atoms with Gasteiger partial charge in [0.1, 0.15) is 13.2 Å². The molecule has 1 aliphatic carbocycles. The zero-order valence-corrected chi connectivity index (χ0v) is 10.8. The number of carbonyl (C=O) groups excluding carboxylic acids is 2. The molecule has 0 aromatic heterocycles. The predicted octanol–water partition coefficient (Wildman–Crippen LogP) is -0.191. The van der Waals surface area contributed by atoms with Crippen LogP contribution in [0.2, 0.25) is 0 Å². The van der Waals surface area contributed by atoms with Gasteiger partial charge in [-0.15, -0.1) is 0 Å². The van der Waals surface area contributed by atoms with Gasteiger partial charge in [-0.2, -0.15) is 11.8 Å². The largest absolute Gasteiger partial charge is 0.480 e. The van der Waals surface area contributed by atoms with E-state index in [1.54, 1.807) is 11.8 Å². The summed E-state index contributed by atoms with van der Waals surface area (Å²) in [6.07, 6.45) is 4.10. The van der Waals surface area contributed by atoms with Crippen LogP contribution in [0, 0.1) is 0 Å². The molecule has 0 radical (unpaired) electrons. The van der Waals surface area contributed by atoms with Crippen LogP contribution in [-0.2, 0) is 14.3 Å². The van der Waals surface area contributed by atoms with Gasteiger partial charge in [-0.3, -0.25) is 10.1 Å². The minimum atomic E-state index is -1.16. The number of imide groups is 1. The fourth-order valence-electron chi connectivity index (χ4n) is 1.27. The van der Waals surface area contributed by atoms with Crippen molar-refractivity contribution in [3.05, 3.63) is 0 Å². The first-order valence-electron chi connectivity index (χ1n) is 5.40. The van der Waals surface area contributed by atoms with E-state index in [-0.39, 0.29) is 4.75 Å². The number of carbonyl (C=O) groups is 3. The smallest absolute Gasteiger partial charge is 0.329 e. The fourth-order valence-corrected chi connectivity index (χ4v) is 2.00. The summed E-state index contributed by atoms with van der Waals surface area (Å²) < 4.78 is 4.67. The molecule has 0 unspecified atom stereocenters. The second kappa shape index (κ2) is 6.60. The Labute approximate surface area is 109 Å². The number of carboxylic acid groups (broad SMARTS) is 1. The molecule has 102 valence electrons. The lowest BCUT2D eigenvalue weighted by molar-refractivity contribution is -0.143. The van der Waals surface area contributed by atoms with Crippen LogP contribution < -0.4 is 10.6 Å². The Balaban J connectivity index is 2.11. The normalized spacial score (nSPS) is 15.8. The van der Waals surface area contributed by atoms with Gasteiger partial charge in [-0.25, -0.2) is 9.59 Å². The summed E-state index contributed by atoms with van der Waals surface area (Å²) >= 11 is 1.70. The monoisotopic (exact) mass is 276 g/mol. The third-order valence-electron chi connectivity index (χ3n) is 2.52. The van der Waals surface area contributed by atoms with Crippen molar-refractivity contribution in [2.24, 2.45) is 0 Å². The van der Waals surface area contributed by atoms with E-state index in [1.807, 2.05) is 6.26 Å². The van der Waals surface area contributed by atoms with E-state index in [0.717, 1.165) is 12.8 Å². The molecule has 0 aliphatic heterocycles. The highest BCUT2D eigenvalue weighted by atomic mass is 32.2. The summed E-state index contributed by atoms with van der Waals surface area (Å²) in [5.41, 5.74) is 0. The van der Waals surface area contributed by atoms with Gasteiger partial charge in [0, 0.05) is 11.3 Å². The van der Waals surface area contributed by atoms with Crippen molar-refractivity contribution in [1.29, 1.82) is 0 Å². The van der Waals surface area contributed by atoms with Gasteiger partial charge in [-0.05, 0) is 19.1 Å². The van der Waals surface area contributed by atoms with Crippen molar-refractivity contribution < 1.29 is 24.2 Å². The maximum Gasteiger partial charge on any atom is 0.329 e. The number of nitrogens with one attached hydrogen (secondary N) is 2. The van der Waals surface area contributed by atoms with E-state index < -0.39 is 31.1 Å². The van der Waals surface area contributed by atoms with Gasteiger partial charge >= 0.3 is 12.0 Å². The van der Waals surface area contributed by atoms with Gasteiger partial charge in [-0.1, -0.05) is 0 Å². The van der Waals surface area contributed by atoms with Crippen molar-refractivity contribution in [2.75, 3.05) is 26.0 Å². The average Bonchev–Trinajstić information content (AvgIpc) is 3.06. The van der Waals surface area contributed by atoms with Crippen LogP contribution in [0.5, 0.6) is 0 Å². The van der Waals surface area contributed by atoms with Crippen molar-refractivity contribution in [3.63, 3.8) is 0 Å². The molecule has 0 aromatic rings. The molecule has 8 heteroatoms. The lowest BCUT2D eigenvalue weighted by atomic mass is 10.4. The molecule has 0 heterocycles. The van der Waals surface area contributed by atoms with Crippen LogP contribution in [0.25, 0.3) is 0 Å². The first-order valence-corrected chi connectivity index (χ1v) is 6.62. The van der Waals surface area contributed by atoms with Crippen molar-refractivity contribution in [1.82, 2.24) is 10.6 Å². The van der Waals surface area contributed by atoms with Crippen molar-refractivity contribution >= 4 is 29.7 Å². The van der Waals surface area contributed by atoms with Crippen LogP contribution in [0.15, 0.2) is 0 Å². The number of urea groups is 1. The Morgan fingerprint density at radius 1 is 1.33 bits per heavy atom. The van der Waals surface area contributed by atoms with Gasteiger partial charge in [0.25, 0.3) is 5.91 Å². The summed E-state index contributed by atoms with van der Waals surface area (Å²) in [4.78, 5) is 32.6. The van der Waals surface area contributed by atoms with Gasteiger partial charge in [0.05, 0.1) is 0 Å². The highest BCUT2D eigenvalue weighted by molar-refractivity contribution is 8.00. The second-order valence-electron chi connectivity index (χ2n) is 4.00. The van der Waals surface area contributed by atoms with E-state index in [9.17, 15) is 14.4 Å². The number of rotatable bonds is 7. The molecular weight excluding hydrogens is 260 g/mol. The van der Waals surface area contributed by atoms with Gasteiger partial charge in [0.2, 0.25) is 0 Å². The molecule has 3 N–H and O–H groups in total. The molecule has 7 nitrogen and oxygen atoms in total. The molecule has 0 bridgehead atoms. The molecule has 1 saturated carbocycles. The summed E-state index contributed by atoms with van der Waals surface area (Å²) in [5, 5.41) is 12.9. The SMILES string of the molecule is CSC1(CNC(=O)NC(=O)COCC(=O)O)CC1. The van der Waals surface area contributed by atoms with E-state index in [2.05, 4.69) is 15.4 Å². The van der Waals surface area contributed by atoms with Crippen molar-refractivity contribution in [3.8, 4) is 0 Å². The summed E-state index contributed by atoms with van der Waals surface area (Å²) in [5.74, 6) is -1.83. The quantitative estimate of drug-likeness (QED) is 0.595. The summed E-state index contributed by atoms with van der Waals surface area (Å²) in [6, 6.07) is -0.584. The number of amides is 3. The number of aliphatic carboxylic acids is 1. The maximum atomic E-state index is 11.3. The maximum absolute atomic E-state index is 11.3. The molecule has 0 aromatic carbocycles. The molecule has 18 heavy (non-hydrogen) atoms. The number of thioether (sulfide) groups is 1. The van der Waals surface area contributed by atoms with E-state index in [1.165, 1.54) is 0 Å². The molecule has 1 rings (SSSR count). The molecular formula is C10H16N2O5S. The van der Waals surface area contributed by atoms with E-state index >= 15 is 0 Å².